The van der Waals surface area contributed by atoms with Crippen LogP contribution in [0.1, 0.15) is 16.7 Å². The van der Waals surface area contributed by atoms with Crippen molar-refractivity contribution in [3.05, 3.63) is 98.4 Å². The maximum Gasteiger partial charge on any atom is 0.280 e. The van der Waals surface area contributed by atoms with Crippen LogP contribution < -0.4 is 14.4 Å². The number of anilines is 1. The third kappa shape index (κ3) is 4.95. The number of nitrogens with zero attached hydrogens (tertiary/aromatic N) is 2. The van der Waals surface area contributed by atoms with Crippen molar-refractivity contribution in [2.24, 2.45) is 0 Å². The van der Waals surface area contributed by atoms with Gasteiger partial charge in [0, 0.05) is 0 Å². The van der Waals surface area contributed by atoms with Crippen LogP contribution in [0, 0.1) is 17.0 Å². The minimum atomic E-state index is -0.512. The zero-order valence-corrected chi connectivity index (χ0v) is 20.0. The Bertz CT molecular complexity index is 1310. The van der Waals surface area contributed by atoms with Gasteiger partial charge in [0.15, 0.2) is 15.8 Å². The molecule has 1 aliphatic rings. The SMILES string of the molecule is COc1cc(/C=C2\SC(=S)N(c3cccc(C)c3)C2=O)c([N+](=O)[O-])cc1OCc1ccccc1. The highest BCUT2D eigenvalue weighted by atomic mass is 32.2. The van der Waals surface area contributed by atoms with E-state index in [-0.39, 0.29) is 34.4 Å². The van der Waals surface area contributed by atoms with Crippen LogP contribution in [0.4, 0.5) is 11.4 Å². The van der Waals surface area contributed by atoms with Crippen LogP contribution in [0.3, 0.4) is 0 Å². The summed E-state index contributed by atoms with van der Waals surface area (Å²) < 4.78 is 11.6. The summed E-state index contributed by atoms with van der Waals surface area (Å²) in [4.78, 5) is 26.2. The van der Waals surface area contributed by atoms with Crippen LogP contribution in [0.5, 0.6) is 11.5 Å². The fraction of sp³-hybridized carbons (Fsp3) is 0.120. The molecule has 9 heteroatoms. The Morgan fingerprint density at radius 2 is 1.85 bits per heavy atom. The minimum Gasteiger partial charge on any atom is -0.493 e. The van der Waals surface area contributed by atoms with Crippen LogP contribution in [0.2, 0.25) is 0 Å². The highest BCUT2D eigenvalue weighted by Crippen LogP contribution is 2.40. The second kappa shape index (κ2) is 10.1. The molecule has 4 rings (SSSR count). The first-order chi connectivity index (χ1) is 16.4. The number of benzene rings is 3. The standard InChI is InChI=1S/C25H20N2O5S2/c1-16-7-6-10-19(11-16)26-24(28)23(34-25(26)33)13-18-12-21(31-2)22(14-20(18)27(29)30)32-15-17-8-4-3-5-9-17/h3-14H,15H2,1-2H3/b23-13-. The van der Waals surface area contributed by atoms with Crippen LogP contribution in [0.25, 0.3) is 6.08 Å². The van der Waals surface area contributed by atoms with Crippen molar-refractivity contribution in [1.29, 1.82) is 0 Å². The van der Waals surface area contributed by atoms with Gasteiger partial charge in [0.1, 0.15) is 6.61 Å². The van der Waals surface area contributed by atoms with Crippen molar-refractivity contribution in [2.75, 3.05) is 12.0 Å². The lowest BCUT2D eigenvalue weighted by Crippen LogP contribution is -2.27. The van der Waals surface area contributed by atoms with Gasteiger partial charge in [-0.3, -0.25) is 19.8 Å². The van der Waals surface area contributed by atoms with Crippen molar-refractivity contribution in [1.82, 2.24) is 0 Å². The van der Waals surface area contributed by atoms with E-state index in [0.717, 1.165) is 22.9 Å². The molecule has 0 N–H and O–H groups in total. The molecule has 0 aromatic heterocycles. The number of thioether (sulfide) groups is 1. The minimum absolute atomic E-state index is 0.204. The summed E-state index contributed by atoms with van der Waals surface area (Å²) in [5.41, 5.74) is 2.57. The molecule has 1 fully saturated rings. The average molecular weight is 493 g/mol. The third-order valence-corrected chi connectivity index (χ3v) is 6.39. The molecule has 0 unspecified atom stereocenters. The summed E-state index contributed by atoms with van der Waals surface area (Å²) >= 11 is 6.52. The summed E-state index contributed by atoms with van der Waals surface area (Å²) in [6.07, 6.45) is 1.47. The Labute approximate surface area is 206 Å². The number of thiocarbonyl (C=S) groups is 1. The molecule has 34 heavy (non-hydrogen) atoms. The summed E-state index contributed by atoms with van der Waals surface area (Å²) in [7, 11) is 1.46. The second-order valence-electron chi connectivity index (χ2n) is 7.45. The Hall–Kier alpha value is -3.69. The molecule has 0 bridgehead atoms. The molecular weight excluding hydrogens is 472 g/mol. The van der Waals surface area contributed by atoms with Gasteiger partial charge in [-0.15, -0.1) is 0 Å². The van der Waals surface area contributed by atoms with Crippen molar-refractivity contribution < 1.29 is 19.2 Å². The summed E-state index contributed by atoms with van der Waals surface area (Å²) in [6.45, 7) is 2.15. The summed E-state index contributed by atoms with van der Waals surface area (Å²) in [5.74, 6) is 0.225. The number of nitro benzene ring substituents is 1. The van der Waals surface area contributed by atoms with Crippen LogP contribution in [-0.4, -0.2) is 22.3 Å². The van der Waals surface area contributed by atoms with Gasteiger partial charge in [-0.1, -0.05) is 66.4 Å². The summed E-state index contributed by atoms with van der Waals surface area (Å²) in [5, 5.41) is 11.8. The van der Waals surface area contributed by atoms with E-state index in [4.69, 9.17) is 21.7 Å². The molecule has 1 heterocycles. The molecule has 1 saturated heterocycles. The first-order valence-electron chi connectivity index (χ1n) is 10.2. The highest BCUT2D eigenvalue weighted by molar-refractivity contribution is 8.27. The number of ether oxygens (including phenoxy) is 2. The van der Waals surface area contributed by atoms with Gasteiger partial charge < -0.3 is 9.47 Å². The quantitative estimate of drug-likeness (QED) is 0.176. The van der Waals surface area contributed by atoms with E-state index in [1.54, 1.807) is 6.07 Å². The number of rotatable bonds is 7. The lowest BCUT2D eigenvalue weighted by atomic mass is 10.1. The van der Waals surface area contributed by atoms with Gasteiger partial charge >= 0.3 is 0 Å². The van der Waals surface area contributed by atoms with Gasteiger partial charge in [0.25, 0.3) is 11.6 Å². The largest absolute Gasteiger partial charge is 0.493 e. The molecule has 3 aromatic rings. The van der Waals surface area contributed by atoms with Crippen molar-refractivity contribution in [2.45, 2.75) is 13.5 Å². The smallest absolute Gasteiger partial charge is 0.280 e. The Kier molecular flexibility index (Phi) is 6.95. The maximum atomic E-state index is 13.1. The first-order valence-corrected chi connectivity index (χ1v) is 11.5. The molecule has 0 aliphatic carbocycles. The Balaban J connectivity index is 1.67. The van der Waals surface area contributed by atoms with E-state index in [9.17, 15) is 14.9 Å². The average Bonchev–Trinajstić information content (AvgIpc) is 3.10. The van der Waals surface area contributed by atoms with Gasteiger partial charge in [-0.2, -0.15) is 0 Å². The van der Waals surface area contributed by atoms with Gasteiger partial charge in [0.05, 0.1) is 34.3 Å². The number of nitro groups is 1. The van der Waals surface area contributed by atoms with E-state index in [1.165, 1.54) is 30.2 Å². The molecule has 3 aromatic carbocycles. The number of hydrogen-bond acceptors (Lipinski definition) is 7. The van der Waals surface area contributed by atoms with E-state index in [0.29, 0.717) is 15.8 Å². The molecule has 7 nitrogen and oxygen atoms in total. The van der Waals surface area contributed by atoms with Gasteiger partial charge in [-0.25, -0.2) is 0 Å². The number of amides is 1. The maximum absolute atomic E-state index is 13.1. The zero-order valence-electron chi connectivity index (χ0n) is 18.4. The fourth-order valence-corrected chi connectivity index (χ4v) is 4.73. The molecular formula is C25H20N2O5S2. The van der Waals surface area contributed by atoms with Crippen molar-refractivity contribution in [3.8, 4) is 11.5 Å². The third-order valence-electron chi connectivity index (χ3n) is 5.09. The Morgan fingerprint density at radius 1 is 1.09 bits per heavy atom. The second-order valence-corrected chi connectivity index (χ2v) is 9.13. The molecule has 0 radical (unpaired) electrons. The topological polar surface area (TPSA) is 81.9 Å². The monoisotopic (exact) mass is 492 g/mol. The van der Waals surface area contributed by atoms with E-state index < -0.39 is 4.92 Å². The predicted octanol–water partition coefficient (Wildman–Crippen LogP) is 5.90. The summed E-state index contributed by atoms with van der Waals surface area (Å²) in [6, 6.07) is 19.7. The van der Waals surface area contributed by atoms with E-state index in [1.807, 2.05) is 55.5 Å². The highest BCUT2D eigenvalue weighted by Gasteiger charge is 2.34. The van der Waals surface area contributed by atoms with Gasteiger partial charge in [-0.05, 0) is 42.3 Å². The lowest BCUT2D eigenvalue weighted by Gasteiger charge is -2.15. The van der Waals surface area contributed by atoms with Crippen LogP contribution >= 0.6 is 24.0 Å². The van der Waals surface area contributed by atoms with Gasteiger partial charge in [0.2, 0.25) is 0 Å². The number of aryl methyl sites for hydroxylation is 1. The molecule has 172 valence electrons. The van der Waals surface area contributed by atoms with Crippen molar-refractivity contribution in [3.63, 3.8) is 0 Å². The fourth-order valence-electron chi connectivity index (χ4n) is 3.44. The number of carbonyl (C=O) groups is 1. The molecule has 0 saturated carbocycles. The zero-order chi connectivity index (χ0) is 24.2. The molecule has 0 atom stereocenters. The van der Waals surface area contributed by atoms with E-state index in [2.05, 4.69) is 0 Å². The Morgan fingerprint density at radius 3 is 2.53 bits per heavy atom. The van der Waals surface area contributed by atoms with Crippen LogP contribution in [-0.2, 0) is 11.4 Å². The molecule has 1 amide bonds. The number of hydrogen-bond donors (Lipinski definition) is 0. The predicted molar refractivity (Wildman–Crippen MR) is 137 cm³/mol. The van der Waals surface area contributed by atoms with Crippen LogP contribution in [0.15, 0.2) is 71.6 Å². The number of methoxy groups -OCH3 is 1. The van der Waals surface area contributed by atoms with E-state index >= 15 is 0 Å². The molecule has 1 aliphatic heterocycles. The normalized spacial score (nSPS) is 14.5. The lowest BCUT2D eigenvalue weighted by molar-refractivity contribution is -0.385. The van der Waals surface area contributed by atoms with Crippen molar-refractivity contribution >= 4 is 51.7 Å². The number of carbonyl (C=O) groups excluding carboxylic acids is 1. The first kappa shape index (κ1) is 23.5. The molecule has 0 spiro atoms.